The first-order valence-electron chi connectivity index (χ1n) is 11.4. The highest BCUT2D eigenvalue weighted by atomic mass is 19.1. The molecular formula is C26H35FN2O2. The van der Waals surface area contributed by atoms with Crippen LogP contribution in [-0.4, -0.2) is 24.9 Å². The van der Waals surface area contributed by atoms with Gasteiger partial charge < -0.3 is 10.2 Å². The molecule has 2 amide bonds. The fraction of sp³-hybridized carbons (Fsp3) is 0.462. The van der Waals surface area contributed by atoms with Crippen LogP contribution < -0.4 is 10.2 Å². The van der Waals surface area contributed by atoms with Gasteiger partial charge in [-0.15, -0.1) is 0 Å². The van der Waals surface area contributed by atoms with E-state index >= 15 is 0 Å². The minimum atomic E-state index is -0.352. The summed E-state index contributed by atoms with van der Waals surface area (Å²) >= 11 is 0. The molecule has 0 heterocycles. The average molecular weight is 427 g/mol. The number of aryl methyl sites for hydroxylation is 1. The zero-order valence-electron chi connectivity index (χ0n) is 18.8. The van der Waals surface area contributed by atoms with Gasteiger partial charge >= 0.3 is 0 Å². The van der Waals surface area contributed by atoms with E-state index in [1.165, 1.54) is 44.2 Å². The number of amides is 2. The zero-order chi connectivity index (χ0) is 22.5. The number of hydrogen-bond acceptors (Lipinski definition) is 2. The van der Waals surface area contributed by atoms with E-state index in [9.17, 15) is 14.0 Å². The van der Waals surface area contributed by atoms with Crippen LogP contribution in [0.4, 0.5) is 10.1 Å². The lowest BCUT2D eigenvalue weighted by atomic mass is 10.1. The molecule has 2 aromatic rings. The molecule has 5 heteroatoms. The molecule has 0 bridgehead atoms. The Kier molecular flexibility index (Phi) is 10.8. The molecule has 2 aromatic carbocycles. The van der Waals surface area contributed by atoms with Crippen LogP contribution in [0.25, 0.3) is 0 Å². The first-order valence-corrected chi connectivity index (χ1v) is 11.4. The summed E-state index contributed by atoms with van der Waals surface area (Å²) in [6, 6.07) is 13.2. The van der Waals surface area contributed by atoms with E-state index in [1.54, 1.807) is 23.1 Å². The monoisotopic (exact) mass is 426 g/mol. The predicted molar refractivity (Wildman–Crippen MR) is 125 cm³/mol. The maximum absolute atomic E-state index is 13.4. The summed E-state index contributed by atoms with van der Waals surface area (Å²) in [5.74, 6) is -0.503. The van der Waals surface area contributed by atoms with Crippen LogP contribution >= 0.6 is 0 Å². The van der Waals surface area contributed by atoms with Crippen molar-refractivity contribution in [2.24, 2.45) is 0 Å². The molecule has 0 aliphatic rings. The molecule has 1 N–H and O–H groups in total. The fourth-order valence-corrected chi connectivity index (χ4v) is 3.57. The number of rotatable bonds is 13. The molecule has 0 fully saturated rings. The van der Waals surface area contributed by atoms with Gasteiger partial charge in [0.25, 0.3) is 5.91 Å². The normalized spacial score (nSPS) is 10.7. The lowest BCUT2D eigenvalue weighted by Gasteiger charge is -2.24. The van der Waals surface area contributed by atoms with Crippen molar-refractivity contribution in [3.63, 3.8) is 0 Å². The van der Waals surface area contributed by atoms with Crippen molar-refractivity contribution in [1.29, 1.82) is 0 Å². The van der Waals surface area contributed by atoms with Crippen LogP contribution in [0.1, 0.15) is 74.2 Å². The van der Waals surface area contributed by atoms with Gasteiger partial charge in [-0.25, -0.2) is 4.39 Å². The molecule has 0 unspecified atom stereocenters. The third-order valence-electron chi connectivity index (χ3n) is 5.42. The third kappa shape index (κ3) is 8.52. The first kappa shape index (κ1) is 24.6. The highest BCUT2D eigenvalue weighted by Crippen LogP contribution is 2.19. The van der Waals surface area contributed by atoms with Crippen molar-refractivity contribution in [3.8, 4) is 0 Å². The summed E-state index contributed by atoms with van der Waals surface area (Å²) in [4.78, 5) is 26.9. The van der Waals surface area contributed by atoms with Gasteiger partial charge in [0.15, 0.2) is 0 Å². The fourth-order valence-electron chi connectivity index (χ4n) is 3.57. The van der Waals surface area contributed by atoms with E-state index < -0.39 is 0 Å². The van der Waals surface area contributed by atoms with E-state index in [0.29, 0.717) is 30.8 Å². The van der Waals surface area contributed by atoms with Crippen molar-refractivity contribution < 1.29 is 14.0 Å². The number of hydrogen-bond donors (Lipinski definition) is 1. The Morgan fingerprint density at radius 1 is 0.903 bits per heavy atom. The summed E-state index contributed by atoms with van der Waals surface area (Å²) in [5.41, 5.74) is 2.08. The second-order valence-corrected chi connectivity index (χ2v) is 7.97. The highest BCUT2D eigenvalue weighted by Gasteiger charge is 2.19. The number of carbonyl (C=O) groups excluding carboxylic acids is 2. The van der Waals surface area contributed by atoms with Crippen LogP contribution in [0.15, 0.2) is 48.5 Å². The Hall–Kier alpha value is -2.69. The minimum absolute atomic E-state index is 0.0101. The molecule has 2 rings (SSSR count). The Bertz CT molecular complexity index is 820. The van der Waals surface area contributed by atoms with Crippen LogP contribution in [0.5, 0.6) is 0 Å². The summed E-state index contributed by atoms with van der Waals surface area (Å²) in [7, 11) is 0. The minimum Gasteiger partial charge on any atom is -0.354 e. The van der Waals surface area contributed by atoms with Crippen molar-refractivity contribution in [2.75, 3.05) is 18.0 Å². The Balaban J connectivity index is 1.87. The SMILES string of the molecule is CCCCCCCCCC(=O)NCCN(C(=O)c1ccccc1C)c1ccc(F)cc1. The molecule has 0 aliphatic heterocycles. The molecule has 0 spiro atoms. The van der Waals surface area contributed by atoms with Gasteiger partial charge in [0.2, 0.25) is 5.91 Å². The molecule has 0 atom stereocenters. The zero-order valence-corrected chi connectivity index (χ0v) is 18.8. The van der Waals surface area contributed by atoms with Crippen molar-refractivity contribution >= 4 is 17.5 Å². The molecule has 0 aromatic heterocycles. The Morgan fingerprint density at radius 2 is 1.55 bits per heavy atom. The molecule has 0 aliphatic carbocycles. The number of unbranched alkanes of at least 4 members (excludes halogenated alkanes) is 6. The molecule has 0 saturated heterocycles. The van der Waals surface area contributed by atoms with Gasteiger partial charge in [-0.1, -0.05) is 63.6 Å². The van der Waals surface area contributed by atoms with Gasteiger partial charge in [-0.2, -0.15) is 0 Å². The maximum atomic E-state index is 13.4. The number of nitrogens with one attached hydrogen (secondary N) is 1. The van der Waals surface area contributed by atoms with Crippen molar-refractivity contribution in [3.05, 3.63) is 65.5 Å². The summed E-state index contributed by atoms with van der Waals surface area (Å²) in [6.45, 7) is 4.77. The predicted octanol–water partition coefficient (Wildman–Crippen LogP) is 6.04. The Morgan fingerprint density at radius 3 is 2.23 bits per heavy atom. The van der Waals surface area contributed by atoms with Crippen molar-refractivity contribution in [2.45, 2.75) is 65.2 Å². The van der Waals surface area contributed by atoms with Crippen LogP contribution in [-0.2, 0) is 4.79 Å². The lowest BCUT2D eigenvalue weighted by molar-refractivity contribution is -0.121. The lowest BCUT2D eigenvalue weighted by Crippen LogP contribution is -2.39. The largest absolute Gasteiger partial charge is 0.354 e. The summed E-state index contributed by atoms with van der Waals surface area (Å²) in [6.07, 6.45) is 8.69. The van der Waals surface area contributed by atoms with E-state index in [1.807, 2.05) is 25.1 Å². The first-order chi connectivity index (χ1) is 15.0. The smallest absolute Gasteiger partial charge is 0.258 e. The topological polar surface area (TPSA) is 49.4 Å². The molecule has 4 nitrogen and oxygen atoms in total. The molecule has 0 saturated carbocycles. The molecule has 31 heavy (non-hydrogen) atoms. The van der Waals surface area contributed by atoms with E-state index in [-0.39, 0.29) is 17.6 Å². The molecule has 0 radical (unpaired) electrons. The van der Waals surface area contributed by atoms with E-state index in [0.717, 1.165) is 18.4 Å². The summed E-state index contributed by atoms with van der Waals surface area (Å²) < 4.78 is 13.4. The van der Waals surface area contributed by atoms with Crippen LogP contribution in [0.3, 0.4) is 0 Å². The average Bonchev–Trinajstić information content (AvgIpc) is 2.77. The summed E-state index contributed by atoms with van der Waals surface area (Å²) in [5, 5.41) is 2.92. The Labute approximate surface area is 185 Å². The van der Waals surface area contributed by atoms with Gasteiger partial charge in [0.1, 0.15) is 5.82 Å². The number of halogens is 1. The highest BCUT2D eigenvalue weighted by molar-refractivity contribution is 6.07. The maximum Gasteiger partial charge on any atom is 0.258 e. The second kappa shape index (κ2) is 13.6. The van der Waals surface area contributed by atoms with Gasteiger partial charge in [-0.05, 0) is 49.2 Å². The van der Waals surface area contributed by atoms with Crippen LogP contribution in [0.2, 0.25) is 0 Å². The third-order valence-corrected chi connectivity index (χ3v) is 5.42. The molecule has 168 valence electrons. The number of nitrogens with zero attached hydrogens (tertiary/aromatic N) is 1. The van der Waals surface area contributed by atoms with Crippen molar-refractivity contribution in [1.82, 2.24) is 5.32 Å². The number of carbonyl (C=O) groups is 2. The number of anilines is 1. The quantitative estimate of drug-likeness (QED) is 0.397. The second-order valence-electron chi connectivity index (χ2n) is 7.97. The van der Waals surface area contributed by atoms with Gasteiger partial charge in [0, 0.05) is 30.8 Å². The number of benzene rings is 2. The van der Waals surface area contributed by atoms with E-state index in [4.69, 9.17) is 0 Å². The standard InChI is InChI=1S/C26H35FN2O2/c1-3-4-5-6-7-8-9-14-25(30)28-19-20-29(23-17-15-22(27)16-18-23)26(31)24-13-11-10-12-21(24)2/h10-13,15-18H,3-9,14,19-20H2,1-2H3,(H,28,30). The van der Waals surface area contributed by atoms with E-state index in [2.05, 4.69) is 12.2 Å². The van der Waals surface area contributed by atoms with Gasteiger partial charge in [0.05, 0.1) is 0 Å². The van der Waals surface area contributed by atoms with Gasteiger partial charge in [-0.3, -0.25) is 9.59 Å². The van der Waals surface area contributed by atoms with Crippen LogP contribution in [0, 0.1) is 12.7 Å². The molecular weight excluding hydrogens is 391 g/mol.